The monoisotopic (exact) mass is 503 g/mol. The normalized spacial score (nSPS) is 13.9. The second-order valence-corrected chi connectivity index (χ2v) is 9.64. The van der Waals surface area contributed by atoms with Crippen molar-refractivity contribution in [2.75, 3.05) is 5.32 Å². The van der Waals surface area contributed by atoms with E-state index in [4.69, 9.17) is 9.47 Å². The number of carbonyl (C=O) groups is 1. The summed E-state index contributed by atoms with van der Waals surface area (Å²) < 4.78 is 55.9. The highest BCUT2D eigenvalue weighted by Crippen LogP contribution is 2.43. The first-order valence-electron chi connectivity index (χ1n) is 11.5. The van der Waals surface area contributed by atoms with Crippen molar-refractivity contribution in [3.63, 3.8) is 0 Å². The van der Waals surface area contributed by atoms with Gasteiger partial charge in [-0.05, 0) is 82.3 Å². The molecule has 1 aromatic heterocycles. The van der Waals surface area contributed by atoms with E-state index < -0.39 is 18.1 Å². The summed E-state index contributed by atoms with van der Waals surface area (Å²) in [4.78, 5) is 12.1. The fourth-order valence-corrected chi connectivity index (χ4v) is 3.75. The number of hydrogen-bond acceptors (Lipinski definition) is 5. The van der Waals surface area contributed by atoms with Crippen molar-refractivity contribution >= 4 is 11.8 Å². The van der Waals surface area contributed by atoms with E-state index in [1.54, 1.807) is 51.2 Å². The number of aromatic nitrogens is 2. The van der Waals surface area contributed by atoms with Crippen LogP contribution in [0.3, 0.4) is 0 Å². The molecule has 1 fully saturated rings. The van der Waals surface area contributed by atoms with Crippen molar-refractivity contribution in [1.29, 1.82) is 0 Å². The summed E-state index contributed by atoms with van der Waals surface area (Å²) in [7, 11) is 0. The highest BCUT2D eigenvalue weighted by molar-refractivity contribution is 5.86. The van der Waals surface area contributed by atoms with Gasteiger partial charge in [-0.25, -0.2) is 9.48 Å². The lowest BCUT2D eigenvalue weighted by molar-refractivity contribution is -0.274. The summed E-state index contributed by atoms with van der Waals surface area (Å²) in [5.41, 5.74) is 2.50. The number of alkyl halides is 3. The molecule has 0 spiro atoms. The zero-order chi connectivity index (χ0) is 26.1. The van der Waals surface area contributed by atoms with Crippen LogP contribution in [0.4, 0.5) is 23.7 Å². The number of para-hydroxylation sites is 2. The van der Waals surface area contributed by atoms with Crippen LogP contribution in [0.1, 0.15) is 56.4 Å². The van der Waals surface area contributed by atoms with Gasteiger partial charge in [-0.3, -0.25) is 5.32 Å². The van der Waals surface area contributed by atoms with Crippen LogP contribution in [-0.4, -0.2) is 27.8 Å². The zero-order valence-electron chi connectivity index (χ0n) is 20.5. The molecule has 1 aliphatic carbocycles. The fourth-order valence-electron chi connectivity index (χ4n) is 3.75. The summed E-state index contributed by atoms with van der Waals surface area (Å²) in [6, 6.07) is 11.1. The molecule has 2 aromatic carbocycles. The van der Waals surface area contributed by atoms with Crippen LogP contribution in [0.2, 0.25) is 0 Å². The molecular formula is C26H28F3N3O4. The van der Waals surface area contributed by atoms with Gasteiger partial charge >= 0.3 is 12.5 Å². The average Bonchev–Trinajstić information content (AvgIpc) is 3.51. The molecule has 10 heteroatoms. The lowest BCUT2D eigenvalue weighted by atomic mass is 10.1. The van der Waals surface area contributed by atoms with E-state index in [0.717, 1.165) is 24.0 Å². The highest BCUT2D eigenvalue weighted by Gasteiger charge is 2.34. The van der Waals surface area contributed by atoms with Crippen molar-refractivity contribution in [3.05, 3.63) is 65.5 Å². The Morgan fingerprint density at radius 1 is 1.14 bits per heavy atom. The molecule has 1 saturated carbocycles. The summed E-state index contributed by atoms with van der Waals surface area (Å²) in [6.45, 7) is 7.26. The minimum atomic E-state index is -4.83. The van der Waals surface area contributed by atoms with Crippen LogP contribution in [-0.2, 0) is 11.3 Å². The van der Waals surface area contributed by atoms with E-state index in [-0.39, 0.29) is 18.0 Å². The van der Waals surface area contributed by atoms with Gasteiger partial charge < -0.3 is 14.2 Å². The third kappa shape index (κ3) is 6.50. The lowest BCUT2D eigenvalue weighted by Crippen LogP contribution is -2.27. The quantitative estimate of drug-likeness (QED) is 0.380. The van der Waals surface area contributed by atoms with Gasteiger partial charge in [0, 0.05) is 11.3 Å². The Labute approximate surface area is 207 Å². The zero-order valence-corrected chi connectivity index (χ0v) is 20.5. The molecule has 1 N–H and O–H groups in total. The molecule has 0 radical (unpaired) electrons. The van der Waals surface area contributed by atoms with Gasteiger partial charge in [0.1, 0.15) is 23.6 Å². The van der Waals surface area contributed by atoms with Gasteiger partial charge in [0.25, 0.3) is 0 Å². The Morgan fingerprint density at radius 3 is 2.50 bits per heavy atom. The topological polar surface area (TPSA) is 74.6 Å². The molecule has 0 saturated heterocycles. The molecule has 0 atom stereocenters. The molecular weight excluding hydrogens is 475 g/mol. The number of nitrogens with zero attached hydrogens (tertiary/aromatic N) is 2. The summed E-state index contributed by atoms with van der Waals surface area (Å²) in [5.74, 6) is 0.497. The molecule has 1 aliphatic rings. The average molecular weight is 504 g/mol. The van der Waals surface area contributed by atoms with Gasteiger partial charge in [0.15, 0.2) is 5.75 Å². The minimum absolute atomic E-state index is 0.0878. The summed E-state index contributed by atoms with van der Waals surface area (Å²) in [6.07, 6.45) is -1.73. The standard InChI is InChI=1S/C26H28F3N3O4/c1-16-13-18(11-12-20(16)31-24(33)36-25(2,3)4)34-15-22-19(17-9-10-17)14-30-32(22)21-7-5-6-8-23(21)35-26(27,28)29/h5-8,11-14,17H,9-10,15H2,1-4H3,(H,31,33). The fraction of sp³-hybridized carbons (Fsp3) is 0.385. The van der Waals surface area contributed by atoms with Gasteiger partial charge in [0.2, 0.25) is 0 Å². The Hall–Kier alpha value is -3.69. The van der Waals surface area contributed by atoms with Crippen LogP contribution in [0.15, 0.2) is 48.7 Å². The number of halogens is 3. The third-order valence-electron chi connectivity index (χ3n) is 5.45. The molecule has 0 aliphatic heterocycles. The largest absolute Gasteiger partial charge is 0.573 e. The van der Waals surface area contributed by atoms with E-state index in [0.29, 0.717) is 23.0 Å². The maximum Gasteiger partial charge on any atom is 0.573 e. The van der Waals surface area contributed by atoms with E-state index in [1.807, 2.05) is 6.92 Å². The van der Waals surface area contributed by atoms with Gasteiger partial charge in [0.05, 0.1) is 11.9 Å². The minimum Gasteiger partial charge on any atom is -0.487 e. The first kappa shape index (κ1) is 25.4. The number of hydrogen-bond donors (Lipinski definition) is 1. The number of carbonyl (C=O) groups excluding carboxylic acids is 1. The van der Waals surface area contributed by atoms with Crippen LogP contribution < -0.4 is 14.8 Å². The van der Waals surface area contributed by atoms with Gasteiger partial charge in [-0.1, -0.05) is 12.1 Å². The molecule has 3 aromatic rings. The number of amides is 1. The first-order valence-corrected chi connectivity index (χ1v) is 11.5. The van der Waals surface area contributed by atoms with E-state index in [1.165, 1.54) is 22.9 Å². The number of ether oxygens (including phenoxy) is 3. The Kier molecular flexibility index (Phi) is 6.88. The maximum absolute atomic E-state index is 13.0. The Balaban J connectivity index is 1.54. The second-order valence-electron chi connectivity index (χ2n) is 9.64. The molecule has 0 unspecified atom stereocenters. The van der Waals surface area contributed by atoms with Crippen molar-refractivity contribution in [3.8, 4) is 17.2 Å². The van der Waals surface area contributed by atoms with E-state index in [2.05, 4.69) is 15.2 Å². The molecule has 192 valence electrons. The van der Waals surface area contributed by atoms with Crippen LogP contribution in [0, 0.1) is 6.92 Å². The van der Waals surface area contributed by atoms with E-state index in [9.17, 15) is 18.0 Å². The Morgan fingerprint density at radius 2 is 1.86 bits per heavy atom. The number of anilines is 1. The maximum atomic E-state index is 13.0. The van der Waals surface area contributed by atoms with Crippen molar-refractivity contribution in [1.82, 2.24) is 9.78 Å². The van der Waals surface area contributed by atoms with Crippen molar-refractivity contribution in [2.45, 2.75) is 65.0 Å². The second kappa shape index (κ2) is 9.75. The van der Waals surface area contributed by atoms with Gasteiger partial charge in [-0.2, -0.15) is 5.10 Å². The van der Waals surface area contributed by atoms with Crippen LogP contribution in [0.5, 0.6) is 11.5 Å². The predicted octanol–water partition coefficient (Wildman–Crippen LogP) is 6.88. The first-order chi connectivity index (χ1) is 16.9. The molecule has 7 nitrogen and oxygen atoms in total. The number of aryl methyl sites for hydroxylation is 1. The number of nitrogens with one attached hydrogen (secondary N) is 1. The lowest BCUT2D eigenvalue weighted by Gasteiger charge is -2.20. The van der Waals surface area contributed by atoms with Crippen LogP contribution >= 0.6 is 0 Å². The predicted molar refractivity (Wildman–Crippen MR) is 128 cm³/mol. The van der Waals surface area contributed by atoms with Crippen LogP contribution in [0.25, 0.3) is 5.69 Å². The summed E-state index contributed by atoms with van der Waals surface area (Å²) in [5, 5.41) is 7.09. The molecule has 36 heavy (non-hydrogen) atoms. The SMILES string of the molecule is Cc1cc(OCc2c(C3CC3)cnn2-c2ccccc2OC(F)(F)F)ccc1NC(=O)OC(C)(C)C. The van der Waals surface area contributed by atoms with E-state index >= 15 is 0 Å². The third-order valence-corrected chi connectivity index (χ3v) is 5.45. The molecule has 1 amide bonds. The number of rotatable bonds is 7. The number of benzene rings is 2. The smallest absolute Gasteiger partial charge is 0.487 e. The Bertz CT molecular complexity index is 1240. The highest BCUT2D eigenvalue weighted by atomic mass is 19.4. The molecule has 1 heterocycles. The molecule has 0 bridgehead atoms. The summed E-state index contributed by atoms with van der Waals surface area (Å²) >= 11 is 0. The van der Waals surface area contributed by atoms with Crippen molar-refractivity contribution < 1.29 is 32.2 Å². The molecule has 4 rings (SSSR count). The van der Waals surface area contributed by atoms with Crippen molar-refractivity contribution in [2.24, 2.45) is 0 Å². The van der Waals surface area contributed by atoms with Gasteiger partial charge in [-0.15, -0.1) is 13.2 Å².